The molecule has 19 heavy (non-hydrogen) atoms. The number of carbonyl (C=O) groups is 1. The van der Waals surface area contributed by atoms with Crippen molar-refractivity contribution in [1.29, 1.82) is 0 Å². The van der Waals surface area contributed by atoms with Gasteiger partial charge in [-0.1, -0.05) is 0 Å². The van der Waals surface area contributed by atoms with Crippen LogP contribution < -0.4 is 0 Å². The first-order valence-corrected chi connectivity index (χ1v) is 6.76. The van der Waals surface area contributed by atoms with E-state index >= 15 is 0 Å². The van der Waals surface area contributed by atoms with Gasteiger partial charge in [-0.25, -0.2) is 9.31 Å². The number of carbonyl (C=O) groups excluding carboxylic acids is 1. The monoisotopic (exact) mass is 326 g/mol. The van der Waals surface area contributed by atoms with Crippen molar-refractivity contribution in [2.45, 2.75) is 20.0 Å². The predicted molar refractivity (Wildman–Crippen MR) is 74.3 cm³/mol. The van der Waals surface area contributed by atoms with E-state index in [2.05, 4.69) is 21.0 Å². The quantitative estimate of drug-likeness (QED) is 0.810. The molecule has 0 amide bonds. The fourth-order valence-corrected chi connectivity index (χ4v) is 2.53. The van der Waals surface area contributed by atoms with Crippen molar-refractivity contribution in [2.75, 3.05) is 13.7 Å². The van der Waals surface area contributed by atoms with Gasteiger partial charge in [0.2, 0.25) is 0 Å². The summed E-state index contributed by atoms with van der Waals surface area (Å²) in [5.74, 6) is -0.399. The minimum absolute atomic E-state index is 0.240. The van der Waals surface area contributed by atoms with Crippen LogP contribution in [0.3, 0.4) is 0 Å². The summed E-state index contributed by atoms with van der Waals surface area (Å²) in [5.41, 5.74) is 2.02. The normalized spacial score (nSPS) is 12.6. The number of fused-ring (bicyclic) bond motifs is 1. The van der Waals surface area contributed by atoms with Gasteiger partial charge < -0.3 is 9.47 Å². The first-order chi connectivity index (χ1) is 9.10. The van der Waals surface area contributed by atoms with Gasteiger partial charge in [0.05, 0.1) is 18.2 Å². The second-order valence-corrected chi connectivity index (χ2v) is 4.77. The number of hydrogen-bond acceptors (Lipinski definition) is 4. The average molecular weight is 327 g/mol. The highest BCUT2D eigenvalue weighted by molar-refractivity contribution is 9.10. The number of methoxy groups -OCH3 is 1. The van der Waals surface area contributed by atoms with Crippen LogP contribution in [0.15, 0.2) is 22.9 Å². The molecule has 1 unspecified atom stereocenters. The lowest BCUT2D eigenvalue weighted by atomic mass is 10.1. The van der Waals surface area contributed by atoms with Crippen molar-refractivity contribution < 1.29 is 14.3 Å². The highest BCUT2D eigenvalue weighted by Crippen LogP contribution is 2.30. The Balaban J connectivity index is 2.72. The Labute approximate surface area is 119 Å². The van der Waals surface area contributed by atoms with Gasteiger partial charge in [0.15, 0.2) is 0 Å². The first kappa shape index (κ1) is 14.0. The molecule has 0 saturated heterocycles. The third-order valence-electron chi connectivity index (χ3n) is 2.91. The van der Waals surface area contributed by atoms with Gasteiger partial charge in [0.25, 0.3) is 0 Å². The fourth-order valence-electron chi connectivity index (χ4n) is 1.98. The lowest BCUT2D eigenvalue weighted by Crippen LogP contribution is -2.15. The van der Waals surface area contributed by atoms with E-state index < -0.39 is 5.97 Å². The molecule has 0 aliphatic carbocycles. The Morgan fingerprint density at radius 1 is 1.58 bits per heavy atom. The molecule has 1 atom stereocenters. The molecule has 2 rings (SSSR count). The second-order valence-electron chi connectivity index (χ2n) is 4.02. The minimum atomic E-state index is -0.399. The van der Waals surface area contributed by atoms with E-state index in [0.717, 1.165) is 11.1 Å². The van der Waals surface area contributed by atoms with E-state index in [9.17, 15) is 4.79 Å². The number of ether oxygens (including phenoxy) is 2. The Morgan fingerprint density at radius 3 is 2.95 bits per heavy atom. The molecule has 0 aromatic carbocycles. The molecule has 0 bridgehead atoms. The van der Waals surface area contributed by atoms with Gasteiger partial charge in [-0.05, 0) is 41.9 Å². The lowest BCUT2D eigenvalue weighted by Gasteiger charge is -2.17. The SMILES string of the molecule is CCOC(=O)c1c(Br)nn2cccc2c1C(C)OC. The van der Waals surface area contributed by atoms with Gasteiger partial charge in [-0.3, -0.25) is 0 Å². The number of halogens is 1. The van der Waals surface area contributed by atoms with E-state index in [0.29, 0.717) is 16.8 Å². The summed E-state index contributed by atoms with van der Waals surface area (Å²) in [7, 11) is 1.60. The maximum Gasteiger partial charge on any atom is 0.341 e. The Hall–Kier alpha value is -1.40. The molecule has 102 valence electrons. The smallest absolute Gasteiger partial charge is 0.341 e. The third-order valence-corrected chi connectivity index (χ3v) is 3.47. The van der Waals surface area contributed by atoms with Crippen LogP contribution in [0.25, 0.3) is 5.52 Å². The molecule has 0 fully saturated rings. The maximum absolute atomic E-state index is 12.1. The molecule has 6 heteroatoms. The van der Waals surface area contributed by atoms with E-state index in [-0.39, 0.29) is 6.10 Å². The highest BCUT2D eigenvalue weighted by Gasteiger charge is 2.24. The van der Waals surface area contributed by atoms with Crippen LogP contribution in [0.1, 0.15) is 35.9 Å². The zero-order valence-electron chi connectivity index (χ0n) is 11.0. The highest BCUT2D eigenvalue weighted by atomic mass is 79.9. The zero-order chi connectivity index (χ0) is 14.0. The summed E-state index contributed by atoms with van der Waals surface area (Å²) < 4.78 is 12.6. The second kappa shape index (κ2) is 5.71. The number of aromatic nitrogens is 2. The van der Waals surface area contributed by atoms with Crippen LogP contribution in [0.4, 0.5) is 0 Å². The number of hydrogen-bond donors (Lipinski definition) is 0. The predicted octanol–water partition coefficient (Wildman–Crippen LogP) is 2.98. The van der Waals surface area contributed by atoms with Crippen LogP contribution in [-0.2, 0) is 9.47 Å². The summed E-state index contributed by atoms with van der Waals surface area (Å²) in [5, 5.41) is 4.29. The molecular formula is C13H15BrN2O3. The standard InChI is InChI=1S/C13H15BrN2O3/c1-4-19-13(17)11-10(8(2)18-3)9-6-5-7-16(9)15-12(11)14/h5-8H,4H2,1-3H3. The minimum Gasteiger partial charge on any atom is -0.462 e. The lowest BCUT2D eigenvalue weighted by molar-refractivity contribution is 0.0513. The summed E-state index contributed by atoms with van der Waals surface area (Å²) >= 11 is 3.33. The Bertz CT molecular complexity index is 609. The maximum atomic E-state index is 12.1. The van der Waals surface area contributed by atoms with E-state index in [4.69, 9.17) is 9.47 Å². The average Bonchev–Trinajstić information content (AvgIpc) is 2.83. The van der Waals surface area contributed by atoms with Gasteiger partial charge in [-0.15, -0.1) is 0 Å². The van der Waals surface area contributed by atoms with Crippen molar-refractivity contribution in [3.05, 3.63) is 34.1 Å². The van der Waals surface area contributed by atoms with Crippen LogP contribution in [0.5, 0.6) is 0 Å². The largest absolute Gasteiger partial charge is 0.462 e. The number of rotatable bonds is 4. The fraction of sp³-hybridized carbons (Fsp3) is 0.385. The molecule has 0 aliphatic rings. The summed E-state index contributed by atoms with van der Waals surface area (Å²) in [6.45, 7) is 3.98. The van der Waals surface area contributed by atoms with Crippen LogP contribution >= 0.6 is 15.9 Å². The summed E-state index contributed by atoms with van der Waals surface area (Å²) in [4.78, 5) is 12.1. The van der Waals surface area contributed by atoms with E-state index in [1.807, 2.05) is 25.3 Å². The topological polar surface area (TPSA) is 52.8 Å². The van der Waals surface area contributed by atoms with Crippen molar-refractivity contribution in [2.24, 2.45) is 0 Å². The molecule has 2 heterocycles. The Kier molecular flexibility index (Phi) is 4.21. The van der Waals surface area contributed by atoms with Crippen LogP contribution in [-0.4, -0.2) is 29.3 Å². The number of nitrogens with zero attached hydrogens (tertiary/aromatic N) is 2. The van der Waals surface area contributed by atoms with E-state index in [1.54, 1.807) is 18.5 Å². The number of esters is 1. The summed E-state index contributed by atoms with van der Waals surface area (Å²) in [6.07, 6.45) is 1.58. The van der Waals surface area contributed by atoms with Crippen LogP contribution in [0, 0.1) is 0 Å². The molecule has 0 aliphatic heterocycles. The zero-order valence-corrected chi connectivity index (χ0v) is 12.6. The molecule has 0 spiro atoms. The van der Waals surface area contributed by atoms with Gasteiger partial charge in [-0.2, -0.15) is 5.10 Å². The third kappa shape index (κ3) is 2.50. The molecule has 2 aromatic heterocycles. The molecule has 2 aromatic rings. The van der Waals surface area contributed by atoms with Gasteiger partial charge in [0, 0.05) is 18.9 Å². The molecule has 0 N–H and O–H groups in total. The van der Waals surface area contributed by atoms with Crippen LogP contribution in [0.2, 0.25) is 0 Å². The summed E-state index contributed by atoms with van der Waals surface area (Å²) in [6, 6.07) is 3.77. The molecule has 5 nitrogen and oxygen atoms in total. The van der Waals surface area contributed by atoms with Crippen molar-refractivity contribution >= 4 is 27.4 Å². The molecule has 0 saturated carbocycles. The molecular weight excluding hydrogens is 312 g/mol. The first-order valence-electron chi connectivity index (χ1n) is 5.96. The molecule has 0 radical (unpaired) electrons. The van der Waals surface area contributed by atoms with Crippen molar-refractivity contribution in [3.8, 4) is 0 Å². The van der Waals surface area contributed by atoms with E-state index in [1.165, 1.54) is 0 Å². The van der Waals surface area contributed by atoms with Gasteiger partial charge in [0.1, 0.15) is 10.2 Å². The Morgan fingerprint density at radius 2 is 2.32 bits per heavy atom. The van der Waals surface area contributed by atoms with Crippen molar-refractivity contribution in [3.63, 3.8) is 0 Å². The van der Waals surface area contributed by atoms with Crippen molar-refractivity contribution in [1.82, 2.24) is 9.61 Å². The van der Waals surface area contributed by atoms with Gasteiger partial charge >= 0.3 is 5.97 Å².